The Bertz CT molecular complexity index is 1360. The molecule has 1 N–H and O–H groups in total. The number of carbonyl (C=O) groups excluding carboxylic acids is 1. The lowest BCUT2D eigenvalue weighted by Crippen LogP contribution is -2.29. The van der Waals surface area contributed by atoms with E-state index in [0.29, 0.717) is 23.2 Å². The Kier molecular flexibility index (Phi) is 5.87. The number of hydrogen-bond acceptors (Lipinski definition) is 4. The highest BCUT2D eigenvalue weighted by Gasteiger charge is 2.27. The monoisotopic (exact) mass is 460 g/mol. The predicted molar refractivity (Wildman–Crippen MR) is 144 cm³/mol. The number of aliphatic hydroxyl groups is 1. The Labute approximate surface area is 206 Å². The summed E-state index contributed by atoms with van der Waals surface area (Å²) in [6.45, 7) is 4.51. The molecular weight excluding hydrogens is 432 g/mol. The second kappa shape index (κ2) is 9.15. The number of hydrogen-bond donors (Lipinski definition) is 1. The molecule has 0 radical (unpaired) electrons. The van der Waals surface area contributed by atoms with E-state index >= 15 is 0 Å². The molecule has 4 aromatic carbocycles. The molecule has 0 saturated carbocycles. The van der Waals surface area contributed by atoms with Gasteiger partial charge in [-0.1, -0.05) is 47.5 Å². The molecule has 1 aliphatic rings. The fraction of sp³-hybridized carbons (Fsp3) is 0.129. The van der Waals surface area contributed by atoms with Gasteiger partial charge in [0.2, 0.25) is 0 Å². The van der Waals surface area contributed by atoms with Crippen molar-refractivity contribution in [2.45, 2.75) is 13.8 Å². The first-order valence-corrected chi connectivity index (χ1v) is 11.7. The standard InChI is InChI=1S/C31H28N2O2/c1-21-8-14-24(15-9-21)33(25-16-10-22(2)11-17-25)26-18-12-23(13-19-26)30(34)28-20-32(3)29-7-5-4-6-27(29)31(28)35/h4-19,35H,20H2,1-3H3. The molecule has 5 rings (SSSR count). The molecule has 1 aliphatic heterocycles. The predicted octanol–water partition coefficient (Wildman–Crippen LogP) is 7.38. The molecule has 174 valence electrons. The second-order valence-corrected chi connectivity index (χ2v) is 9.08. The van der Waals surface area contributed by atoms with Crippen LogP contribution >= 0.6 is 0 Å². The van der Waals surface area contributed by atoms with Crippen molar-refractivity contribution >= 4 is 34.3 Å². The molecular formula is C31H28N2O2. The van der Waals surface area contributed by atoms with Gasteiger partial charge < -0.3 is 14.9 Å². The molecule has 4 heteroatoms. The summed E-state index contributed by atoms with van der Waals surface area (Å²) in [5.41, 5.74) is 8.02. The second-order valence-electron chi connectivity index (χ2n) is 9.08. The number of ketones is 1. The molecule has 4 nitrogen and oxygen atoms in total. The maximum atomic E-state index is 13.4. The maximum absolute atomic E-state index is 13.4. The number of para-hydroxylation sites is 1. The van der Waals surface area contributed by atoms with Crippen LogP contribution < -0.4 is 9.80 Å². The zero-order chi connectivity index (χ0) is 24.5. The molecule has 0 saturated heterocycles. The number of aliphatic hydroxyl groups excluding tert-OH is 1. The van der Waals surface area contributed by atoms with Crippen molar-refractivity contribution in [1.82, 2.24) is 0 Å². The van der Waals surface area contributed by atoms with Gasteiger partial charge in [0.05, 0.1) is 12.1 Å². The highest BCUT2D eigenvalue weighted by Crippen LogP contribution is 2.36. The van der Waals surface area contributed by atoms with E-state index < -0.39 is 0 Å². The quantitative estimate of drug-likeness (QED) is 0.316. The average Bonchev–Trinajstić information content (AvgIpc) is 2.89. The number of anilines is 4. The van der Waals surface area contributed by atoms with Crippen LogP contribution in [-0.2, 0) is 0 Å². The highest BCUT2D eigenvalue weighted by atomic mass is 16.3. The zero-order valence-corrected chi connectivity index (χ0v) is 20.2. The highest BCUT2D eigenvalue weighted by molar-refractivity contribution is 6.14. The Morgan fingerprint density at radius 1 is 0.743 bits per heavy atom. The summed E-state index contributed by atoms with van der Waals surface area (Å²) in [6, 6.07) is 32.0. The zero-order valence-electron chi connectivity index (χ0n) is 20.2. The van der Waals surface area contributed by atoms with Gasteiger partial charge in [-0.05, 0) is 74.5 Å². The van der Waals surface area contributed by atoms with E-state index in [1.165, 1.54) is 11.1 Å². The van der Waals surface area contributed by atoms with E-state index in [-0.39, 0.29) is 11.5 Å². The summed E-state index contributed by atoms with van der Waals surface area (Å²) < 4.78 is 0. The van der Waals surface area contributed by atoms with Crippen LogP contribution in [0.2, 0.25) is 0 Å². The van der Waals surface area contributed by atoms with Crippen molar-refractivity contribution in [2.75, 3.05) is 23.4 Å². The number of likely N-dealkylation sites (N-methyl/N-ethyl adjacent to an activating group) is 1. The minimum absolute atomic E-state index is 0.0636. The van der Waals surface area contributed by atoms with Crippen LogP contribution in [0.3, 0.4) is 0 Å². The van der Waals surface area contributed by atoms with Gasteiger partial charge in [0.25, 0.3) is 0 Å². The summed E-state index contributed by atoms with van der Waals surface area (Å²) in [5, 5.41) is 10.9. The molecule has 0 aromatic heterocycles. The summed E-state index contributed by atoms with van der Waals surface area (Å²) in [4.78, 5) is 17.6. The third kappa shape index (κ3) is 4.31. The van der Waals surface area contributed by atoms with Gasteiger partial charge in [0.1, 0.15) is 5.76 Å². The van der Waals surface area contributed by atoms with Crippen LogP contribution in [0.25, 0.3) is 5.76 Å². The van der Waals surface area contributed by atoms with Gasteiger partial charge >= 0.3 is 0 Å². The maximum Gasteiger partial charge on any atom is 0.194 e. The van der Waals surface area contributed by atoms with E-state index in [1.807, 2.05) is 60.5 Å². The van der Waals surface area contributed by atoms with E-state index in [2.05, 4.69) is 67.3 Å². The Morgan fingerprint density at radius 3 is 1.77 bits per heavy atom. The third-order valence-electron chi connectivity index (χ3n) is 6.50. The van der Waals surface area contributed by atoms with Crippen LogP contribution in [0.1, 0.15) is 27.0 Å². The minimum atomic E-state index is -0.160. The number of rotatable bonds is 5. The average molecular weight is 461 g/mol. The summed E-state index contributed by atoms with van der Waals surface area (Å²) in [7, 11) is 1.93. The molecule has 4 aromatic rings. The number of aryl methyl sites for hydroxylation is 2. The van der Waals surface area contributed by atoms with Gasteiger partial charge in [0.15, 0.2) is 5.78 Å². The molecule has 1 heterocycles. The Hall–Kier alpha value is -4.31. The minimum Gasteiger partial charge on any atom is -0.507 e. The van der Waals surface area contributed by atoms with Gasteiger partial charge in [-0.15, -0.1) is 0 Å². The van der Waals surface area contributed by atoms with Gasteiger partial charge in [0, 0.05) is 40.9 Å². The molecule has 35 heavy (non-hydrogen) atoms. The van der Waals surface area contributed by atoms with Crippen LogP contribution in [0, 0.1) is 13.8 Å². The topological polar surface area (TPSA) is 43.8 Å². The molecule has 0 aliphatic carbocycles. The first kappa shape index (κ1) is 22.5. The lowest BCUT2D eigenvalue weighted by atomic mass is 9.94. The van der Waals surface area contributed by atoms with Crippen molar-refractivity contribution in [3.8, 4) is 0 Å². The smallest absolute Gasteiger partial charge is 0.194 e. The van der Waals surface area contributed by atoms with Gasteiger partial charge in [-0.3, -0.25) is 4.79 Å². The van der Waals surface area contributed by atoms with Crippen molar-refractivity contribution in [1.29, 1.82) is 0 Å². The van der Waals surface area contributed by atoms with E-state index in [0.717, 1.165) is 22.7 Å². The van der Waals surface area contributed by atoms with Crippen LogP contribution in [0.4, 0.5) is 22.7 Å². The first-order chi connectivity index (χ1) is 16.9. The third-order valence-corrected chi connectivity index (χ3v) is 6.50. The van der Waals surface area contributed by atoms with Gasteiger partial charge in [-0.2, -0.15) is 0 Å². The van der Waals surface area contributed by atoms with E-state index in [9.17, 15) is 9.90 Å². The molecule has 0 unspecified atom stereocenters. The summed E-state index contributed by atoms with van der Waals surface area (Å²) in [6.07, 6.45) is 0. The van der Waals surface area contributed by atoms with Crippen LogP contribution in [-0.4, -0.2) is 24.5 Å². The largest absolute Gasteiger partial charge is 0.507 e. The first-order valence-electron chi connectivity index (χ1n) is 11.7. The number of benzene rings is 4. The number of carbonyl (C=O) groups is 1. The number of nitrogens with zero attached hydrogens (tertiary/aromatic N) is 2. The Balaban J connectivity index is 1.50. The van der Waals surface area contributed by atoms with E-state index in [4.69, 9.17) is 0 Å². The van der Waals surface area contributed by atoms with Crippen molar-refractivity contribution in [3.05, 3.63) is 125 Å². The van der Waals surface area contributed by atoms with Crippen molar-refractivity contribution < 1.29 is 9.90 Å². The van der Waals surface area contributed by atoms with E-state index in [1.54, 1.807) is 0 Å². The normalized spacial score (nSPS) is 12.9. The summed E-state index contributed by atoms with van der Waals surface area (Å²) >= 11 is 0. The SMILES string of the molecule is Cc1ccc(N(c2ccc(C)cc2)c2ccc(C(=O)C3=C(O)c4ccccc4N(C)C3)cc2)cc1. The fourth-order valence-corrected chi connectivity index (χ4v) is 4.52. The molecule has 0 fully saturated rings. The lowest BCUT2D eigenvalue weighted by molar-refractivity contribution is 0.103. The van der Waals surface area contributed by atoms with Crippen molar-refractivity contribution in [3.63, 3.8) is 0 Å². The van der Waals surface area contributed by atoms with Gasteiger partial charge in [-0.25, -0.2) is 0 Å². The molecule has 0 amide bonds. The lowest BCUT2D eigenvalue weighted by Gasteiger charge is -2.29. The van der Waals surface area contributed by atoms with Crippen LogP contribution in [0.15, 0.2) is 103 Å². The molecule has 0 atom stereocenters. The Morgan fingerprint density at radius 2 is 1.23 bits per heavy atom. The fourth-order valence-electron chi connectivity index (χ4n) is 4.52. The molecule has 0 bridgehead atoms. The number of Topliss-reactive ketones (excluding diaryl/α,β-unsaturated/α-hetero) is 1. The summed E-state index contributed by atoms with van der Waals surface area (Å²) in [5.74, 6) is -0.0960. The number of fused-ring (bicyclic) bond motifs is 1. The van der Waals surface area contributed by atoms with Crippen molar-refractivity contribution in [2.24, 2.45) is 0 Å². The van der Waals surface area contributed by atoms with Crippen LogP contribution in [0.5, 0.6) is 0 Å². The molecule has 0 spiro atoms.